The lowest BCUT2D eigenvalue weighted by Gasteiger charge is -2.13. The summed E-state index contributed by atoms with van der Waals surface area (Å²) < 4.78 is 112. The summed E-state index contributed by atoms with van der Waals surface area (Å²) in [5, 5.41) is 28.4. The van der Waals surface area contributed by atoms with Crippen molar-refractivity contribution >= 4 is 63.2 Å². The molecule has 28 heteroatoms. The topological polar surface area (TPSA) is 315 Å². The van der Waals surface area contributed by atoms with Gasteiger partial charge in [0, 0.05) is 54.7 Å². The van der Waals surface area contributed by atoms with Crippen LogP contribution in [-0.2, 0) is 14.4 Å². The number of anilines is 2. The summed E-state index contributed by atoms with van der Waals surface area (Å²) in [6.45, 7) is 1.60. The maximum atomic E-state index is 13.4. The molecule has 0 radical (unpaired) electrons. The Bertz CT molecular complexity index is 2260. The Kier molecular flexibility index (Phi) is 20.0. The van der Waals surface area contributed by atoms with Crippen LogP contribution >= 0.6 is 0 Å². The van der Waals surface area contributed by atoms with Crippen molar-refractivity contribution in [2.45, 2.75) is 18.5 Å². The number of para-hydroxylation sites is 2. The van der Waals surface area contributed by atoms with Crippen LogP contribution in [0, 0.1) is 0 Å². The number of fused-ring (bicyclic) bond motifs is 2. The minimum absolute atomic E-state index is 0.0810. The summed E-state index contributed by atoms with van der Waals surface area (Å²) in [6, 6.07) is 20.8. The number of ether oxygens (including phenoxy) is 3. The van der Waals surface area contributed by atoms with Gasteiger partial charge >= 0.3 is 36.4 Å². The molecule has 5 aromatic rings. The Morgan fingerprint density at radius 1 is 0.508 bits per heavy atom. The molecule has 11 N–H and O–H groups in total. The van der Waals surface area contributed by atoms with Crippen molar-refractivity contribution in [2.24, 2.45) is 17.2 Å². The molecule has 19 nitrogen and oxygen atoms in total. The van der Waals surface area contributed by atoms with Crippen molar-refractivity contribution in [1.29, 1.82) is 0 Å². The molecule has 65 heavy (non-hydrogen) atoms. The molecule has 0 saturated carbocycles. The van der Waals surface area contributed by atoms with E-state index in [9.17, 15) is 49.1 Å². The molecule has 3 aromatic heterocycles. The average Bonchev–Trinajstić information content (AvgIpc) is 3.23. The Morgan fingerprint density at radius 2 is 0.815 bits per heavy atom. The van der Waals surface area contributed by atoms with Crippen LogP contribution in [0.3, 0.4) is 0 Å². The number of halogens is 9. The first-order valence-corrected chi connectivity index (χ1v) is 17.7. The maximum Gasteiger partial charge on any atom is 0.490 e. The van der Waals surface area contributed by atoms with E-state index >= 15 is 0 Å². The van der Waals surface area contributed by atoms with Gasteiger partial charge in [0.1, 0.15) is 60.1 Å². The number of rotatable bonds is 13. The van der Waals surface area contributed by atoms with Crippen LogP contribution in [0.5, 0.6) is 17.2 Å². The third-order valence-corrected chi connectivity index (χ3v) is 6.97. The van der Waals surface area contributed by atoms with Gasteiger partial charge in [0.15, 0.2) is 0 Å². The number of carboxylic acid groups (broad SMARTS) is 3. The second kappa shape index (κ2) is 24.3. The first-order chi connectivity index (χ1) is 30.3. The molecular weight excluding hydrogens is 903 g/mol. The number of aliphatic carboxylic acids is 3. The maximum absolute atomic E-state index is 13.4. The molecule has 0 aliphatic rings. The number of aromatic nitrogens is 3. The first kappa shape index (κ1) is 53.5. The van der Waals surface area contributed by atoms with Gasteiger partial charge in [0.2, 0.25) is 0 Å². The van der Waals surface area contributed by atoms with E-state index < -0.39 is 48.3 Å². The highest BCUT2D eigenvalue weighted by atomic mass is 19.4. The van der Waals surface area contributed by atoms with Gasteiger partial charge in [-0.05, 0) is 24.3 Å². The smallest absolute Gasteiger partial charge is 0.490 e. The number of carbonyl (C=O) groups is 5. The number of hydrogen-bond donors (Lipinski definition) is 8. The summed E-state index contributed by atoms with van der Waals surface area (Å²) in [7, 11) is 0. The van der Waals surface area contributed by atoms with Gasteiger partial charge in [-0.25, -0.2) is 29.3 Å². The van der Waals surface area contributed by atoms with Crippen molar-refractivity contribution in [3.05, 3.63) is 84.2 Å². The minimum atomic E-state index is -5.08. The summed E-state index contributed by atoms with van der Waals surface area (Å²) >= 11 is 0. The second-order valence-electron chi connectivity index (χ2n) is 11.8. The normalized spacial score (nSPS) is 11.0. The van der Waals surface area contributed by atoms with Crippen LogP contribution in [0.15, 0.2) is 72.8 Å². The molecule has 5 rings (SSSR count). The zero-order valence-corrected chi connectivity index (χ0v) is 32.8. The monoisotopic (exact) mass is 938 g/mol. The van der Waals surface area contributed by atoms with Crippen molar-refractivity contribution in [3.63, 3.8) is 0 Å². The van der Waals surface area contributed by atoms with E-state index in [4.69, 9.17) is 61.1 Å². The summed E-state index contributed by atoms with van der Waals surface area (Å²) in [4.78, 5) is 66.9. The number of nitrogens with two attached hydrogens (primary N) is 3. The fraction of sp³-hybridized carbons (Fsp3) is 0.243. The van der Waals surface area contributed by atoms with Gasteiger partial charge in [-0.15, -0.1) is 0 Å². The number of carbonyl (C=O) groups excluding carboxylic acids is 2. The summed E-state index contributed by atoms with van der Waals surface area (Å²) in [5.74, 6) is -7.79. The summed E-state index contributed by atoms with van der Waals surface area (Å²) in [6.07, 6.45) is -15.3. The van der Waals surface area contributed by atoms with E-state index in [1.165, 1.54) is 12.1 Å². The van der Waals surface area contributed by atoms with E-state index in [0.29, 0.717) is 35.6 Å². The Balaban J connectivity index is 0.000000571. The van der Waals surface area contributed by atoms with E-state index in [-0.39, 0.29) is 55.1 Å². The molecular formula is C37H35F9N8O11. The van der Waals surface area contributed by atoms with Gasteiger partial charge in [0.25, 0.3) is 11.8 Å². The lowest BCUT2D eigenvalue weighted by atomic mass is 10.2. The number of pyridine rings is 3. The third kappa shape index (κ3) is 18.0. The average molecular weight is 939 g/mol. The number of nitrogens with zero attached hydrogens (tertiary/aromatic N) is 3. The molecule has 0 saturated heterocycles. The molecule has 0 unspecified atom stereocenters. The van der Waals surface area contributed by atoms with Gasteiger partial charge < -0.3 is 57.4 Å². The molecule has 2 aromatic carbocycles. The lowest BCUT2D eigenvalue weighted by Crippen LogP contribution is -2.21. The standard InChI is InChI=1S/C31H32N8O5.3C2HF3O2/c32-9-12-42-19-15-24(30(40)38-28-17-26(43-13-10-33)20-5-1-3-7-22(20)36-28)35-25(16-19)31(41)39-29-18-27(44-14-11-34)21-6-2-4-8-23(21)37-29;3*3-2(4,5)1(6)7/h1-8,15-18H,9-14,32-34H2,(H,36,38,40)(H,37,39,41);3*(H,6,7). The number of alkyl halides is 9. The van der Waals surface area contributed by atoms with Crippen molar-refractivity contribution in [1.82, 2.24) is 15.0 Å². The van der Waals surface area contributed by atoms with Gasteiger partial charge in [-0.2, -0.15) is 39.5 Å². The summed E-state index contributed by atoms with van der Waals surface area (Å²) in [5.41, 5.74) is 17.9. The van der Waals surface area contributed by atoms with Gasteiger partial charge in [-0.3, -0.25) is 9.59 Å². The van der Waals surface area contributed by atoms with Crippen LogP contribution < -0.4 is 42.0 Å². The SMILES string of the molecule is NCCOc1cc(C(=O)Nc2cc(OCCN)c3ccccc3n2)nc(C(=O)Nc2cc(OCCN)c3ccccc3n2)c1.O=C(O)C(F)(F)F.O=C(O)C(F)(F)F.O=C(O)C(F)(F)F. The minimum Gasteiger partial charge on any atom is -0.492 e. The largest absolute Gasteiger partial charge is 0.492 e. The van der Waals surface area contributed by atoms with E-state index in [0.717, 1.165) is 10.8 Å². The van der Waals surface area contributed by atoms with Gasteiger partial charge in [0.05, 0.1) is 11.0 Å². The first-order valence-electron chi connectivity index (χ1n) is 17.7. The molecule has 0 atom stereocenters. The van der Waals surface area contributed by atoms with Crippen LogP contribution in [0.1, 0.15) is 21.0 Å². The molecule has 2 amide bonds. The Morgan fingerprint density at radius 3 is 1.12 bits per heavy atom. The molecule has 0 fully saturated rings. The van der Waals surface area contributed by atoms with Crippen molar-refractivity contribution in [3.8, 4) is 17.2 Å². The number of benzene rings is 2. The number of amides is 2. The predicted molar refractivity (Wildman–Crippen MR) is 208 cm³/mol. The van der Waals surface area contributed by atoms with Crippen molar-refractivity contribution in [2.75, 3.05) is 50.1 Å². The molecule has 0 aliphatic carbocycles. The number of carboxylic acids is 3. The zero-order chi connectivity index (χ0) is 49.1. The third-order valence-electron chi connectivity index (χ3n) is 6.97. The molecule has 0 aliphatic heterocycles. The second-order valence-corrected chi connectivity index (χ2v) is 11.8. The van der Waals surface area contributed by atoms with Crippen LogP contribution in [0.25, 0.3) is 21.8 Å². The fourth-order valence-electron chi connectivity index (χ4n) is 4.35. The molecule has 0 spiro atoms. The molecule has 0 bridgehead atoms. The predicted octanol–water partition coefficient (Wildman–Crippen LogP) is 4.60. The highest BCUT2D eigenvalue weighted by Gasteiger charge is 2.39. The quantitative estimate of drug-likeness (QED) is 0.0748. The number of hydrogen-bond acceptors (Lipinski definition) is 14. The number of nitrogens with one attached hydrogen (secondary N) is 2. The fourth-order valence-corrected chi connectivity index (χ4v) is 4.35. The highest BCUT2D eigenvalue weighted by molar-refractivity contribution is 6.07. The van der Waals surface area contributed by atoms with E-state index in [2.05, 4.69) is 25.6 Å². The van der Waals surface area contributed by atoms with Crippen molar-refractivity contribution < 1.29 is 93.0 Å². The van der Waals surface area contributed by atoms with E-state index in [1.54, 1.807) is 24.3 Å². The van der Waals surface area contributed by atoms with Crippen LogP contribution in [0.4, 0.5) is 51.1 Å². The molecule has 352 valence electrons. The lowest BCUT2D eigenvalue weighted by molar-refractivity contribution is -0.193. The zero-order valence-electron chi connectivity index (χ0n) is 32.8. The highest BCUT2D eigenvalue weighted by Crippen LogP contribution is 2.29. The van der Waals surface area contributed by atoms with Gasteiger partial charge in [-0.1, -0.05) is 24.3 Å². The Labute approximate surface area is 358 Å². The molecule has 3 heterocycles. The Hall–Kier alpha value is -7.59. The van der Waals surface area contributed by atoms with E-state index in [1.807, 2.05) is 36.4 Å². The van der Waals surface area contributed by atoms with Crippen LogP contribution in [0.2, 0.25) is 0 Å². The van der Waals surface area contributed by atoms with Crippen LogP contribution in [-0.4, -0.2) is 118 Å².